The Bertz CT molecular complexity index is 1120. The van der Waals surface area contributed by atoms with Gasteiger partial charge in [0.05, 0.1) is 19.1 Å². The Morgan fingerprint density at radius 1 is 1.19 bits per heavy atom. The van der Waals surface area contributed by atoms with Gasteiger partial charge in [0.1, 0.15) is 10.3 Å². The van der Waals surface area contributed by atoms with Gasteiger partial charge in [0, 0.05) is 11.6 Å². The first-order valence-electron chi connectivity index (χ1n) is 8.13. The van der Waals surface area contributed by atoms with E-state index in [9.17, 15) is 18.8 Å². The zero-order valence-electron chi connectivity index (χ0n) is 15.8. The summed E-state index contributed by atoms with van der Waals surface area (Å²) in [5.74, 6) is -9.91. The molecule has 2 unspecified atom stereocenters. The number of ether oxygens (including phenoxy) is 3. The number of rotatable bonds is 8. The normalized spacial score (nSPS) is 14.7. The second-order valence-electron chi connectivity index (χ2n) is 5.83. The highest BCUT2D eigenvalue weighted by Gasteiger charge is 2.49. The molecule has 2 atom stereocenters. The van der Waals surface area contributed by atoms with Crippen LogP contribution < -0.4 is 18.9 Å². The summed E-state index contributed by atoms with van der Waals surface area (Å²) in [6, 6.07) is 3.37. The topological polar surface area (TPSA) is 172 Å². The summed E-state index contributed by atoms with van der Waals surface area (Å²) in [5.41, 5.74) is 0.488. The van der Waals surface area contributed by atoms with Crippen molar-refractivity contribution in [2.45, 2.75) is 16.6 Å². The van der Waals surface area contributed by atoms with E-state index in [-0.39, 0.29) is 5.95 Å². The molecular weight excluding hydrogens is 504 g/mol. The number of aliphatic hydroxyl groups is 3. The van der Waals surface area contributed by atoms with Crippen molar-refractivity contribution in [1.82, 2.24) is 19.9 Å². The molecule has 5 N–H and O–H groups in total. The molecule has 3 rings (SSSR count). The van der Waals surface area contributed by atoms with Crippen LogP contribution in [0.2, 0.25) is 0 Å². The van der Waals surface area contributed by atoms with E-state index >= 15 is 0 Å². The van der Waals surface area contributed by atoms with Gasteiger partial charge in [-0.15, -0.1) is 0 Å². The lowest BCUT2D eigenvalue weighted by molar-refractivity contribution is -0.382. The van der Waals surface area contributed by atoms with Crippen LogP contribution in [0, 0.1) is 0 Å². The Hall–Kier alpha value is -2.53. The quantitative estimate of drug-likeness (QED) is 0.156. The van der Waals surface area contributed by atoms with Crippen molar-refractivity contribution in [2.24, 2.45) is 0 Å². The van der Waals surface area contributed by atoms with Crippen LogP contribution in [0.5, 0.6) is 17.5 Å². The number of H-pyrrole nitrogens is 1. The number of hydrogen-bond donors (Lipinski definition) is 5. The monoisotopic (exact) mass is 517 g/mol. The van der Waals surface area contributed by atoms with Crippen LogP contribution >= 0.6 is 15.9 Å². The third-order valence-corrected chi connectivity index (χ3v) is 5.29. The molecule has 0 fully saturated rings. The summed E-state index contributed by atoms with van der Waals surface area (Å²) in [6.07, 6.45) is 1.48. The summed E-state index contributed by atoms with van der Waals surface area (Å²) in [5, 5.41) is 28.7. The van der Waals surface area contributed by atoms with Crippen molar-refractivity contribution >= 4 is 51.7 Å². The third-order valence-electron chi connectivity index (χ3n) is 3.74. The van der Waals surface area contributed by atoms with E-state index in [4.69, 9.17) is 14.6 Å². The lowest BCUT2D eigenvalue weighted by atomic mass is 9.94. The van der Waals surface area contributed by atoms with Gasteiger partial charge in [0.15, 0.2) is 18.8 Å². The van der Waals surface area contributed by atoms with Gasteiger partial charge in [-0.3, -0.25) is 4.72 Å². The molecule has 0 aliphatic heterocycles. The molecule has 164 valence electrons. The average Bonchev–Trinajstić information content (AvgIpc) is 3.10. The van der Waals surface area contributed by atoms with Crippen LogP contribution in [0.4, 0.5) is 10.3 Å². The molecule has 12 nitrogen and oxygen atoms in total. The summed E-state index contributed by atoms with van der Waals surface area (Å²) >= 11 is 3.24. The van der Waals surface area contributed by atoms with Gasteiger partial charge in [-0.25, -0.2) is 13.6 Å². The molecule has 0 saturated carbocycles. The second kappa shape index (κ2) is 8.54. The van der Waals surface area contributed by atoms with Gasteiger partial charge in [0.2, 0.25) is 17.5 Å². The third kappa shape index (κ3) is 4.72. The average molecular weight is 518 g/mol. The number of halogens is 2. The number of methoxy groups -OCH3 is 2. The Morgan fingerprint density at radius 2 is 1.81 bits per heavy atom. The van der Waals surface area contributed by atoms with Crippen LogP contribution in [-0.2, 0) is 11.0 Å². The predicted molar refractivity (Wildman–Crippen MR) is 109 cm³/mol. The molecule has 3 heterocycles. The Labute approximate surface area is 185 Å². The first kappa shape index (κ1) is 23.1. The molecule has 0 aromatic carbocycles. The van der Waals surface area contributed by atoms with Crippen LogP contribution in [0.15, 0.2) is 27.8 Å². The molecule has 0 amide bonds. The number of fused-ring (bicyclic) bond motifs is 1. The molecule has 0 bridgehead atoms. The van der Waals surface area contributed by atoms with Gasteiger partial charge in [-0.1, -0.05) is 0 Å². The van der Waals surface area contributed by atoms with E-state index in [1.165, 1.54) is 6.20 Å². The Balaban J connectivity index is 1.94. The fraction of sp³-hybridized carbons (Fsp3) is 0.267. The molecular formula is C15H14BBrFN5O7S. The number of hydrogen-bond acceptors (Lipinski definition) is 10. The van der Waals surface area contributed by atoms with Crippen molar-refractivity contribution in [3.63, 3.8) is 0 Å². The zero-order valence-corrected chi connectivity index (χ0v) is 18.2. The number of nitrogens with one attached hydrogen (secondary N) is 2. The largest absolute Gasteiger partial charge is 0.478 e. The van der Waals surface area contributed by atoms with Gasteiger partial charge < -0.3 is 34.5 Å². The molecule has 0 aliphatic carbocycles. The molecule has 0 saturated heterocycles. The standard InChI is InChI=1S/C15H14BBrFN5O7S/c1-28-11-9(30-15(25,26)14(16,18)24)12(29-2)22-13(21-11)23-31(27)7-5-19-10-6(7)3-4-8(17)20-10/h3-5,24-26H,1-2H3,(H,19,20)(H,21,22,23). The lowest BCUT2D eigenvalue weighted by Crippen LogP contribution is -2.56. The minimum Gasteiger partial charge on any atom is -0.478 e. The van der Waals surface area contributed by atoms with E-state index in [0.717, 1.165) is 14.2 Å². The summed E-state index contributed by atoms with van der Waals surface area (Å²) in [6.45, 7) is 0. The Morgan fingerprint density at radius 3 is 2.35 bits per heavy atom. The van der Waals surface area contributed by atoms with Crippen LogP contribution in [0.1, 0.15) is 0 Å². The maximum Gasteiger partial charge on any atom is 0.374 e. The number of aromatic amines is 1. The first-order valence-corrected chi connectivity index (χ1v) is 10.1. The minimum absolute atomic E-state index is 0.274. The maximum atomic E-state index is 13.4. The van der Waals surface area contributed by atoms with Crippen molar-refractivity contribution in [3.05, 3.63) is 22.9 Å². The van der Waals surface area contributed by atoms with Crippen molar-refractivity contribution in [3.8, 4) is 17.5 Å². The summed E-state index contributed by atoms with van der Waals surface area (Å²) in [7, 11) is 5.00. The fourth-order valence-corrected chi connectivity index (χ4v) is 3.49. The van der Waals surface area contributed by atoms with E-state index in [1.54, 1.807) is 12.1 Å². The lowest BCUT2D eigenvalue weighted by Gasteiger charge is -2.30. The minimum atomic E-state index is -4.07. The SMILES string of the molecule is [B]C(O)(F)C(O)(O)Oc1c(OC)nc(NS(=O)c2c[nH]c3nc(Br)ccc23)nc1OC. The number of anilines is 1. The number of aromatic nitrogens is 4. The smallest absolute Gasteiger partial charge is 0.374 e. The van der Waals surface area contributed by atoms with E-state index in [1.807, 2.05) is 0 Å². The summed E-state index contributed by atoms with van der Waals surface area (Å²) in [4.78, 5) is 15.2. The van der Waals surface area contributed by atoms with E-state index in [0.29, 0.717) is 20.5 Å². The highest BCUT2D eigenvalue weighted by atomic mass is 79.9. The maximum absolute atomic E-state index is 13.4. The molecule has 0 aliphatic rings. The van der Waals surface area contributed by atoms with E-state index in [2.05, 4.69) is 53.2 Å². The van der Waals surface area contributed by atoms with E-state index < -0.39 is 40.2 Å². The Kier molecular flexibility index (Phi) is 6.38. The molecule has 31 heavy (non-hydrogen) atoms. The summed E-state index contributed by atoms with van der Waals surface area (Å²) < 4.78 is 43.8. The highest BCUT2D eigenvalue weighted by molar-refractivity contribution is 9.10. The molecule has 0 spiro atoms. The number of nitrogens with zero attached hydrogens (tertiary/aromatic N) is 3. The molecule has 3 aromatic heterocycles. The van der Waals surface area contributed by atoms with Gasteiger partial charge in [0.25, 0.3) is 11.8 Å². The second-order valence-corrected chi connectivity index (χ2v) is 7.83. The predicted octanol–water partition coefficient (Wildman–Crippen LogP) is 0.0686. The zero-order chi connectivity index (χ0) is 23.0. The molecule has 2 radical (unpaired) electrons. The van der Waals surface area contributed by atoms with Gasteiger partial charge >= 0.3 is 5.97 Å². The van der Waals surface area contributed by atoms with Gasteiger partial charge in [-0.2, -0.15) is 9.97 Å². The van der Waals surface area contributed by atoms with Crippen molar-refractivity contribution in [1.29, 1.82) is 0 Å². The highest BCUT2D eigenvalue weighted by Crippen LogP contribution is 2.38. The van der Waals surface area contributed by atoms with Crippen LogP contribution in [0.25, 0.3) is 11.0 Å². The number of alkyl halides is 1. The van der Waals surface area contributed by atoms with Gasteiger partial charge in [-0.05, 0) is 28.1 Å². The molecule has 3 aromatic rings. The van der Waals surface area contributed by atoms with Crippen molar-refractivity contribution < 1.29 is 38.1 Å². The van der Waals surface area contributed by atoms with Crippen LogP contribution in [-0.4, -0.2) is 73.3 Å². The fourth-order valence-electron chi connectivity index (χ4n) is 2.28. The van der Waals surface area contributed by atoms with Crippen LogP contribution in [0.3, 0.4) is 0 Å². The number of pyridine rings is 1. The van der Waals surface area contributed by atoms with Crippen molar-refractivity contribution in [2.75, 3.05) is 18.9 Å². The molecule has 16 heteroatoms. The first-order chi connectivity index (χ1) is 14.5.